The first-order chi connectivity index (χ1) is 8.79. The Kier molecular flexibility index (Phi) is 4.47. The zero-order chi connectivity index (χ0) is 12.8. The lowest BCUT2D eigenvalue weighted by atomic mass is 10.1. The van der Waals surface area contributed by atoms with Crippen molar-refractivity contribution in [2.24, 2.45) is 0 Å². The lowest BCUT2D eigenvalue weighted by molar-refractivity contribution is 0.170. The van der Waals surface area contributed by atoms with E-state index in [9.17, 15) is 5.11 Å². The number of aliphatic hydroxyl groups is 1. The molecule has 18 heavy (non-hydrogen) atoms. The van der Waals surface area contributed by atoms with Gasteiger partial charge in [0, 0.05) is 43.7 Å². The number of pyridine rings is 1. The molecule has 2 aromatic heterocycles. The van der Waals surface area contributed by atoms with Crippen molar-refractivity contribution in [1.29, 1.82) is 0 Å². The van der Waals surface area contributed by atoms with Gasteiger partial charge in [-0.3, -0.25) is 4.98 Å². The van der Waals surface area contributed by atoms with Crippen molar-refractivity contribution in [1.82, 2.24) is 14.5 Å². The van der Waals surface area contributed by atoms with Gasteiger partial charge in [0.05, 0.1) is 6.10 Å². The Bertz CT molecular complexity index is 467. The van der Waals surface area contributed by atoms with E-state index < -0.39 is 6.10 Å². The van der Waals surface area contributed by atoms with Crippen LogP contribution in [0.2, 0.25) is 0 Å². The van der Waals surface area contributed by atoms with Gasteiger partial charge in [0.1, 0.15) is 5.82 Å². The van der Waals surface area contributed by atoms with Crippen LogP contribution in [0.5, 0.6) is 0 Å². The predicted molar refractivity (Wildman–Crippen MR) is 70.2 cm³/mol. The molecule has 0 saturated heterocycles. The second-order valence-electron chi connectivity index (χ2n) is 4.42. The lowest BCUT2D eigenvalue weighted by Gasteiger charge is -2.11. The lowest BCUT2D eigenvalue weighted by Crippen LogP contribution is -2.18. The summed E-state index contributed by atoms with van der Waals surface area (Å²) < 4.78 is 2.10. The standard InChI is InChI=1S/C14H19N3O/c1-2-8-17-9-7-16-14(17)11-13(18)10-12-5-3-4-6-15-12/h3-7,9,13,18H,2,8,10-11H2,1H3. The summed E-state index contributed by atoms with van der Waals surface area (Å²) >= 11 is 0. The van der Waals surface area contributed by atoms with Gasteiger partial charge in [0.15, 0.2) is 0 Å². The van der Waals surface area contributed by atoms with Gasteiger partial charge in [-0.2, -0.15) is 0 Å². The summed E-state index contributed by atoms with van der Waals surface area (Å²) in [6, 6.07) is 5.75. The molecule has 0 aliphatic heterocycles. The first-order valence-electron chi connectivity index (χ1n) is 6.37. The number of aryl methyl sites for hydroxylation is 1. The molecule has 96 valence electrons. The smallest absolute Gasteiger partial charge is 0.111 e. The molecule has 0 aliphatic rings. The topological polar surface area (TPSA) is 50.9 Å². The van der Waals surface area contributed by atoms with Gasteiger partial charge >= 0.3 is 0 Å². The summed E-state index contributed by atoms with van der Waals surface area (Å²) in [6.45, 7) is 3.08. The molecule has 4 heteroatoms. The molecule has 0 fully saturated rings. The van der Waals surface area contributed by atoms with Crippen LogP contribution in [0.1, 0.15) is 24.9 Å². The molecule has 1 atom stereocenters. The summed E-state index contributed by atoms with van der Waals surface area (Å²) in [6.07, 6.45) is 7.28. The number of rotatable bonds is 6. The number of hydrogen-bond acceptors (Lipinski definition) is 3. The molecule has 0 amide bonds. The average Bonchev–Trinajstić information content (AvgIpc) is 2.78. The normalized spacial score (nSPS) is 12.6. The number of aliphatic hydroxyl groups excluding tert-OH is 1. The highest BCUT2D eigenvalue weighted by molar-refractivity contribution is 5.05. The quantitative estimate of drug-likeness (QED) is 0.844. The molecule has 2 heterocycles. The van der Waals surface area contributed by atoms with Crippen molar-refractivity contribution < 1.29 is 5.11 Å². The third-order valence-electron chi connectivity index (χ3n) is 2.86. The largest absolute Gasteiger partial charge is 0.392 e. The van der Waals surface area contributed by atoms with Gasteiger partial charge in [-0.25, -0.2) is 4.98 Å². The number of nitrogens with zero attached hydrogens (tertiary/aromatic N) is 3. The highest BCUT2D eigenvalue weighted by atomic mass is 16.3. The molecule has 1 unspecified atom stereocenters. The molecule has 2 rings (SSSR count). The third-order valence-corrected chi connectivity index (χ3v) is 2.86. The first kappa shape index (κ1) is 12.8. The van der Waals surface area contributed by atoms with Crippen molar-refractivity contribution in [3.63, 3.8) is 0 Å². The molecule has 0 spiro atoms. The van der Waals surface area contributed by atoms with Gasteiger partial charge in [-0.05, 0) is 18.6 Å². The monoisotopic (exact) mass is 245 g/mol. The van der Waals surface area contributed by atoms with E-state index in [-0.39, 0.29) is 0 Å². The van der Waals surface area contributed by atoms with E-state index in [2.05, 4.69) is 21.5 Å². The summed E-state index contributed by atoms with van der Waals surface area (Å²) in [7, 11) is 0. The molecular weight excluding hydrogens is 226 g/mol. The Morgan fingerprint density at radius 1 is 1.22 bits per heavy atom. The fraction of sp³-hybridized carbons (Fsp3) is 0.429. The van der Waals surface area contributed by atoms with Gasteiger partial charge in [-0.1, -0.05) is 13.0 Å². The summed E-state index contributed by atoms with van der Waals surface area (Å²) in [5.74, 6) is 0.945. The SMILES string of the molecule is CCCn1ccnc1CC(O)Cc1ccccn1. The van der Waals surface area contributed by atoms with E-state index in [4.69, 9.17) is 0 Å². The van der Waals surface area contributed by atoms with Crippen LogP contribution in [0.25, 0.3) is 0 Å². The third kappa shape index (κ3) is 3.40. The Morgan fingerprint density at radius 3 is 2.83 bits per heavy atom. The summed E-state index contributed by atoms with van der Waals surface area (Å²) in [5.41, 5.74) is 0.915. The van der Waals surface area contributed by atoms with Crippen LogP contribution in [0.4, 0.5) is 0 Å². The van der Waals surface area contributed by atoms with E-state index in [0.717, 1.165) is 24.5 Å². The number of aromatic nitrogens is 3. The second kappa shape index (κ2) is 6.31. The molecular formula is C14H19N3O. The van der Waals surface area contributed by atoms with Crippen molar-refractivity contribution >= 4 is 0 Å². The van der Waals surface area contributed by atoms with E-state index in [1.807, 2.05) is 24.4 Å². The van der Waals surface area contributed by atoms with Crippen LogP contribution < -0.4 is 0 Å². The fourth-order valence-corrected chi connectivity index (χ4v) is 2.02. The van der Waals surface area contributed by atoms with Crippen molar-refractivity contribution in [2.45, 2.75) is 38.8 Å². The van der Waals surface area contributed by atoms with E-state index in [0.29, 0.717) is 12.8 Å². The van der Waals surface area contributed by atoms with Crippen LogP contribution in [0.15, 0.2) is 36.8 Å². The van der Waals surface area contributed by atoms with Crippen LogP contribution in [0.3, 0.4) is 0 Å². The maximum absolute atomic E-state index is 10.1. The average molecular weight is 245 g/mol. The first-order valence-corrected chi connectivity index (χ1v) is 6.37. The molecule has 0 radical (unpaired) electrons. The van der Waals surface area contributed by atoms with Crippen molar-refractivity contribution in [2.75, 3.05) is 0 Å². The molecule has 0 aliphatic carbocycles. The molecule has 4 nitrogen and oxygen atoms in total. The minimum atomic E-state index is -0.432. The van der Waals surface area contributed by atoms with Crippen LogP contribution in [-0.4, -0.2) is 25.7 Å². The Labute approximate surface area is 107 Å². The summed E-state index contributed by atoms with van der Waals surface area (Å²) in [5, 5.41) is 10.1. The maximum atomic E-state index is 10.1. The molecule has 0 aromatic carbocycles. The summed E-state index contributed by atoms with van der Waals surface area (Å²) in [4.78, 5) is 8.52. The van der Waals surface area contributed by atoms with Crippen LogP contribution in [-0.2, 0) is 19.4 Å². The van der Waals surface area contributed by atoms with Gasteiger partial charge in [0.25, 0.3) is 0 Å². The fourth-order valence-electron chi connectivity index (χ4n) is 2.02. The van der Waals surface area contributed by atoms with Gasteiger partial charge in [-0.15, -0.1) is 0 Å². The Morgan fingerprint density at radius 2 is 2.11 bits per heavy atom. The Hall–Kier alpha value is -1.68. The van der Waals surface area contributed by atoms with E-state index in [1.165, 1.54) is 0 Å². The van der Waals surface area contributed by atoms with Crippen LogP contribution >= 0.6 is 0 Å². The number of imidazole rings is 1. The minimum Gasteiger partial charge on any atom is -0.392 e. The maximum Gasteiger partial charge on any atom is 0.111 e. The highest BCUT2D eigenvalue weighted by Gasteiger charge is 2.11. The van der Waals surface area contributed by atoms with E-state index >= 15 is 0 Å². The zero-order valence-corrected chi connectivity index (χ0v) is 10.7. The molecule has 2 aromatic rings. The second-order valence-corrected chi connectivity index (χ2v) is 4.42. The van der Waals surface area contributed by atoms with Crippen molar-refractivity contribution in [3.05, 3.63) is 48.3 Å². The van der Waals surface area contributed by atoms with Gasteiger partial charge in [0.2, 0.25) is 0 Å². The highest BCUT2D eigenvalue weighted by Crippen LogP contribution is 2.07. The minimum absolute atomic E-state index is 0.432. The molecule has 1 N–H and O–H groups in total. The van der Waals surface area contributed by atoms with Gasteiger partial charge < -0.3 is 9.67 Å². The predicted octanol–water partition coefficient (Wildman–Crippen LogP) is 1.83. The number of hydrogen-bond donors (Lipinski definition) is 1. The molecule has 0 saturated carbocycles. The van der Waals surface area contributed by atoms with Crippen molar-refractivity contribution in [3.8, 4) is 0 Å². The zero-order valence-electron chi connectivity index (χ0n) is 10.7. The van der Waals surface area contributed by atoms with Crippen LogP contribution in [0, 0.1) is 0 Å². The molecule has 0 bridgehead atoms. The van der Waals surface area contributed by atoms with E-state index in [1.54, 1.807) is 12.4 Å². The Balaban J connectivity index is 1.94.